The fraction of sp³-hybridized carbons (Fsp3) is 0.538. The Kier molecular flexibility index (Phi) is 3.61. The van der Waals surface area contributed by atoms with E-state index >= 15 is 0 Å². The second-order valence-electron chi connectivity index (χ2n) is 4.70. The van der Waals surface area contributed by atoms with Crippen LogP contribution in [0.15, 0.2) is 18.3 Å². The summed E-state index contributed by atoms with van der Waals surface area (Å²) in [7, 11) is 0. The van der Waals surface area contributed by atoms with E-state index in [1.54, 1.807) is 18.3 Å². The SMILES string of the molecule is CCC(CC1CC1)NC(=O)c1ncccc1N. The maximum absolute atomic E-state index is 12.0. The Hall–Kier alpha value is -1.58. The van der Waals surface area contributed by atoms with Crippen LogP contribution in [0.3, 0.4) is 0 Å². The van der Waals surface area contributed by atoms with Crippen molar-refractivity contribution in [2.45, 2.75) is 38.6 Å². The molecule has 0 radical (unpaired) electrons. The molecule has 1 heterocycles. The Balaban J connectivity index is 1.97. The number of anilines is 1. The molecule has 1 aromatic heterocycles. The molecule has 1 aliphatic rings. The molecule has 3 N–H and O–H groups in total. The van der Waals surface area contributed by atoms with Gasteiger partial charge < -0.3 is 11.1 Å². The van der Waals surface area contributed by atoms with E-state index in [9.17, 15) is 4.79 Å². The van der Waals surface area contributed by atoms with Crippen LogP contribution in [-0.4, -0.2) is 16.9 Å². The molecule has 1 fully saturated rings. The van der Waals surface area contributed by atoms with Gasteiger partial charge in [-0.25, -0.2) is 4.98 Å². The zero-order valence-electron chi connectivity index (χ0n) is 10.1. The molecular formula is C13H19N3O. The Bertz CT molecular complexity index is 401. The lowest BCUT2D eigenvalue weighted by Gasteiger charge is -2.16. The monoisotopic (exact) mass is 233 g/mol. The molecule has 4 nitrogen and oxygen atoms in total. The zero-order valence-corrected chi connectivity index (χ0v) is 10.1. The van der Waals surface area contributed by atoms with Gasteiger partial charge in [-0.2, -0.15) is 0 Å². The molecule has 17 heavy (non-hydrogen) atoms. The van der Waals surface area contributed by atoms with Gasteiger partial charge in [-0.3, -0.25) is 4.79 Å². The van der Waals surface area contributed by atoms with Crippen molar-refractivity contribution in [3.05, 3.63) is 24.0 Å². The van der Waals surface area contributed by atoms with E-state index in [-0.39, 0.29) is 11.9 Å². The Morgan fingerprint density at radius 2 is 2.41 bits per heavy atom. The summed E-state index contributed by atoms with van der Waals surface area (Å²) in [4.78, 5) is 16.0. The van der Waals surface area contributed by atoms with Gasteiger partial charge in [0.05, 0.1) is 5.69 Å². The number of aromatic nitrogens is 1. The number of nitrogens with two attached hydrogens (primary N) is 1. The molecule has 0 aromatic carbocycles. The minimum Gasteiger partial charge on any atom is -0.397 e. The molecule has 92 valence electrons. The first-order chi connectivity index (χ1) is 8.20. The minimum atomic E-state index is -0.157. The summed E-state index contributed by atoms with van der Waals surface area (Å²) >= 11 is 0. The molecule has 1 aliphatic carbocycles. The maximum Gasteiger partial charge on any atom is 0.272 e. The molecular weight excluding hydrogens is 214 g/mol. The van der Waals surface area contributed by atoms with E-state index < -0.39 is 0 Å². The Morgan fingerprint density at radius 1 is 1.65 bits per heavy atom. The summed E-state index contributed by atoms with van der Waals surface area (Å²) < 4.78 is 0. The lowest BCUT2D eigenvalue weighted by Crippen LogP contribution is -2.35. The van der Waals surface area contributed by atoms with Gasteiger partial charge in [0.15, 0.2) is 5.69 Å². The third-order valence-corrected chi connectivity index (χ3v) is 3.20. The minimum absolute atomic E-state index is 0.157. The Morgan fingerprint density at radius 3 is 3.00 bits per heavy atom. The molecule has 1 unspecified atom stereocenters. The molecule has 0 saturated heterocycles. The average molecular weight is 233 g/mol. The van der Waals surface area contributed by atoms with Crippen LogP contribution < -0.4 is 11.1 Å². The summed E-state index contributed by atoms with van der Waals surface area (Å²) in [6.45, 7) is 2.09. The quantitative estimate of drug-likeness (QED) is 0.817. The van der Waals surface area contributed by atoms with Crippen LogP contribution in [0.2, 0.25) is 0 Å². The van der Waals surface area contributed by atoms with Crippen LogP contribution in [0.1, 0.15) is 43.1 Å². The number of amides is 1. The van der Waals surface area contributed by atoms with Crippen molar-refractivity contribution in [3.8, 4) is 0 Å². The summed E-state index contributed by atoms with van der Waals surface area (Å²) in [6, 6.07) is 3.67. The fourth-order valence-corrected chi connectivity index (χ4v) is 1.94. The maximum atomic E-state index is 12.0. The number of nitrogens with one attached hydrogen (secondary N) is 1. The summed E-state index contributed by atoms with van der Waals surface area (Å²) in [5.41, 5.74) is 6.50. The van der Waals surface area contributed by atoms with Crippen molar-refractivity contribution in [2.24, 2.45) is 5.92 Å². The normalized spacial score (nSPS) is 16.5. The van der Waals surface area contributed by atoms with Gasteiger partial charge >= 0.3 is 0 Å². The summed E-state index contributed by atoms with van der Waals surface area (Å²) in [6.07, 6.45) is 6.23. The van der Waals surface area contributed by atoms with Gasteiger partial charge in [-0.05, 0) is 30.9 Å². The number of carbonyl (C=O) groups excluding carboxylic acids is 1. The third-order valence-electron chi connectivity index (χ3n) is 3.20. The molecule has 1 amide bonds. The van der Waals surface area contributed by atoms with Gasteiger partial charge in [0.1, 0.15) is 0 Å². The van der Waals surface area contributed by atoms with Crippen LogP contribution in [-0.2, 0) is 0 Å². The van der Waals surface area contributed by atoms with Crippen molar-refractivity contribution in [3.63, 3.8) is 0 Å². The van der Waals surface area contributed by atoms with E-state index in [0.717, 1.165) is 18.8 Å². The van der Waals surface area contributed by atoms with Crippen LogP contribution in [0.5, 0.6) is 0 Å². The van der Waals surface area contributed by atoms with Gasteiger partial charge in [0, 0.05) is 12.2 Å². The number of nitrogen functional groups attached to an aromatic ring is 1. The van der Waals surface area contributed by atoms with E-state index in [2.05, 4.69) is 17.2 Å². The van der Waals surface area contributed by atoms with Gasteiger partial charge in [-0.1, -0.05) is 19.8 Å². The number of pyridine rings is 1. The van der Waals surface area contributed by atoms with Crippen molar-refractivity contribution < 1.29 is 4.79 Å². The predicted octanol–water partition coefficient (Wildman–Crippen LogP) is 1.97. The molecule has 0 bridgehead atoms. The molecule has 0 spiro atoms. The first kappa shape index (κ1) is 11.9. The highest BCUT2D eigenvalue weighted by Crippen LogP contribution is 2.34. The number of nitrogens with zero attached hydrogens (tertiary/aromatic N) is 1. The number of hydrogen-bond acceptors (Lipinski definition) is 3. The smallest absolute Gasteiger partial charge is 0.272 e. The van der Waals surface area contributed by atoms with E-state index in [4.69, 9.17) is 5.73 Å². The van der Waals surface area contributed by atoms with Crippen molar-refractivity contribution >= 4 is 11.6 Å². The second-order valence-corrected chi connectivity index (χ2v) is 4.70. The standard InChI is InChI=1S/C13H19N3O/c1-2-10(8-9-5-6-9)16-13(17)12-11(14)4-3-7-15-12/h3-4,7,9-10H,2,5-6,8,14H2,1H3,(H,16,17). The highest BCUT2D eigenvalue weighted by atomic mass is 16.1. The van der Waals surface area contributed by atoms with Crippen LogP contribution in [0, 0.1) is 5.92 Å². The van der Waals surface area contributed by atoms with Crippen LogP contribution in [0.4, 0.5) is 5.69 Å². The van der Waals surface area contributed by atoms with Crippen LogP contribution in [0.25, 0.3) is 0 Å². The largest absolute Gasteiger partial charge is 0.397 e. The third kappa shape index (κ3) is 3.19. The van der Waals surface area contributed by atoms with E-state index in [1.165, 1.54) is 12.8 Å². The lowest BCUT2D eigenvalue weighted by molar-refractivity contribution is 0.0928. The van der Waals surface area contributed by atoms with Gasteiger partial charge in [-0.15, -0.1) is 0 Å². The molecule has 0 aliphatic heterocycles. The number of carbonyl (C=O) groups is 1. The highest BCUT2D eigenvalue weighted by molar-refractivity contribution is 5.97. The van der Waals surface area contributed by atoms with Crippen LogP contribution >= 0.6 is 0 Å². The zero-order chi connectivity index (χ0) is 12.3. The van der Waals surface area contributed by atoms with Crippen molar-refractivity contribution in [1.29, 1.82) is 0 Å². The Labute approximate surface area is 102 Å². The summed E-state index contributed by atoms with van der Waals surface area (Å²) in [5.74, 6) is 0.650. The van der Waals surface area contributed by atoms with Crippen molar-refractivity contribution in [1.82, 2.24) is 10.3 Å². The molecule has 1 atom stereocenters. The van der Waals surface area contributed by atoms with E-state index in [1.807, 2.05) is 0 Å². The molecule has 1 aromatic rings. The number of hydrogen-bond donors (Lipinski definition) is 2. The van der Waals surface area contributed by atoms with E-state index in [0.29, 0.717) is 11.4 Å². The topological polar surface area (TPSA) is 68.0 Å². The fourth-order valence-electron chi connectivity index (χ4n) is 1.94. The predicted molar refractivity (Wildman–Crippen MR) is 67.5 cm³/mol. The second kappa shape index (κ2) is 5.17. The number of rotatable bonds is 5. The van der Waals surface area contributed by atoms with Gasteiger partial charge in [0.2, 0.25) is 0 Å². The first-order valence-corrected chi connectivity index (χ1v) is 6.22. The first-order valence-electron chi connectivity index (χ1n) is 6.22. The molecule has 1 saturated carbocycles. The van der Waals surface area contributed by atoms with Crippen molar-refractivity contribution in [2.75, 3.05) is 5.73 Å². The van der Waals surface area contributed by atoms with Gasteiger partial charge in [0.25, 0.3) is 5.91 Å². The highest BCUT2D eigenvalue weighted by Gasteiger charge is 2.26. The molecule has 2 rings (SSSR count). The summed E-state index contributed by atoms with van der Waals surface area (Å²) in [5, 5.41) is 3.01. The molecule has 4 heteroatoms. The average Bonchev–Trinajstić information content (AvgIpc) is 3.12. The lowest BCUT2D eigenvalue weighted by atomic mass is 10.1.